The molecule has 2 atom stereocenters. The van der Waals surface area contributed by atoms with E-state index >= 15 is 0 Å². The molecule has 1 saturated heterocycles. The van der Waals surface area contributed by atoms with Crippen molar-refractivity contribution in [3.05, 3.63) is 35.4 Å². The molecule has 0 unspecified atom stereocenters. The first-order valence-electron chi connectivity index (χ1n) is 7.21. The summed E-state index contributed by atoms with van der Waals surface area (Å²) >= 11 is 0. The maximum absolute atomic E-state index is 13.6. The molecule has 1 aliphatic heterocycles. The SMILES string of the molecule is C[C@@H](O)CN1CCN(C[C@@H](O)c2cc(F)ccc2F)CC1. The van der Waals surface area contributed by atoms with Crippen LogP contribution in [0.2, 0.25) is 0 Å². The quantitative estimate of drug-likeness (QED) is 0.851. The summed E-state index contributed by atoms with van der Waals surface area (Å²) in [6, 6.07) is 3.12. The topological polar surface area (TPSA) is 46.9 Å². The van der Waals surface area contributed by atoms with Crippen molar-refractivity contribution in [3.63, 3.8) is 0 Å². The van der Waals surface area contributed by atoms with Gasteiger partial charge < -0.3 is 10.2 Å². The lowest BCUT2D eigenvalue weighted by atomic mass is 10.1. The van der Waals surface area contributed by atoms with Crippen molar-refractivity contribution in [2.45, 2.75) is 19.1 Å². The molecule has 0 radical (unpaired) electrons. The minimum absolute atomic E-state index is 0.00131. The van der Waals surface area contributed by atoms with Gasteiger partial charge in [-0.25, -0.2) is 8.78 Å². The lowest BCUT2D eigenvalue weighted by molar-refractivity contribution is 0.0516. The van der Waals surface area contributed by atoms with Crippen molar-refractivity contribution in [1.29, 1.82) is 0 Å². The van der Waals surface area contributed by atoms with Crippen LogP contribution in [0.15, 0.2) is 18.2 Å². The summed E-state index contributed by atoms with van der Waals surface area (Å²) in [5.41, 5.74) is 0.00131. The van der Waals surface area contributed by atoms with Gasteiger partial charge in [0.25, 0.3) is 0 Å². The standard InChI is InChI=1S/C15H22F2N2O2/c1-11(20)9-18-4-6-19(7-5-18)10-15(21)13-8-12(16)2-3-14(13)17/h2-3,8,11,15,20-21H,4-7,9-10H2,1H3/t11-,15-/m1/s1. The van der Waals surface area contributed by atoms with Gasteiger partial charge in [-0.05, 0) is 25.1 Å². The first-order valence-corrected chi connectivity index (χ1v) is 7.21. The van der Waals surface area contributed by atoms with Crippen LogP contribution in [0.3, 0.4) is 0 Å². The molecule has 1 heterocycles. The molecule has 0 saturated carbocycles. The fourth-order valence-electron chi connectivity index (χ4n) is 2.64. The van der Waals surface area contributed by atoms with Gasteiger partial charge in [0.15, 0.2) is 0 Å². The highest BCUT2D eigenvalue weighted by Crippen LogP contribution is 2.20. The largest absolute Gasteiger partial charge is 0.392 e. The van der Waals surface area contributed by atoms with Gasteiger partial charge >= 0.3 is 0 Å². The molecular weight excluding hydrogens is 278 g/mol. The molecule has 1 aromatic rings. The van der Waals surface area contributed by atoms with Crippen LogP contribution >= 0.6 is 0 Å². The Kier molecular flexibility index (Phi) is 5.64. The lowest BCUT2D eigenvalue weighted by Gasteiger charge is -2.36. The molecule has 4 nitrogen and oxygen atoms in total. The van der Waals surface area contributed by atoms with Crippen molar-refractivity contribution >= 4 is 0 Å². The van der Waals surface area contributed by atoms with Crippen LogP contribution in [0.4, 0.5) is 8.78 Å². The first-order chi connectivity index (χ1) is 9.95. The van der Waals surface area contributed by atoms with Gasteiger partial charge in [0.2, 0.25) is 0 Å². The van der Waals surface area contributed by atoms with Gasteiger partial charge in [-0.15, -0.1) is 0 Å². The molecule has 0 bridgehead atoms. The predicted molar refractivity (Wildman–Crippen MR) is 75.9 cm³/mol. The number of aliphatic hydroxyl groups excluding tert-OH is 2. The molecule has 2 N–H and O–H groups in total. The van der Waals surface area contributed by atoms with E-state index in [1.54, 1.807) is 6.92 Å². The normalized spacial score (nSPS) is 20.4. The molecule has 2 rings (SSSR count). The zero-order valence-electron chi connectivity index (χ0n) is 12.2. The minimum atomic E-state index is -1.04. The maximum atomic E-state index is 13.6. The highest BCUT2D eigenvalue weighted by Gasteiger charge is 2.22. The maximum Gasteiger partial charge on any atom is 0.129 e. The van der Waals surface area contributed by atoms with Gasteiger partial charge in [0, 0.05) is 44.8 Å². The second kappa shape index (κ2) is 7.26. The molecule has 1 aliphatic rings. The van der Waals surface area contributed by atoms with Crippen LogP contribution in [-0.2, 0) is 0 Å². The number of aliphatic hydroxyl groups is 2. The molecule has 6 heteroatoms. The van der Waals surface area contributed by atoms with Crippen molar-refractivity contribution in [2.24, 2.45) is 0 Å². The van der Waals surface area contributed by atoms with E-state index in [0.717, 1.165) is 44.4 Å². The molecule has 1 fully saturated rings. The average molecular weight is 300 g/mol. The van der Waals surface area contributed by atoms with Gasteiger partial charge in [-0.1, -0.05) is 0 Å². The van der Waals surface area contributed by atoms with Crippen LogP contribution in [0.1, 0.15) is 18.6 Å². The number of rotatable bonds is 5. The van der Waals surface area contributed by atoms with E-state index in [2.05, 4.69) is 4.90 Å². The van der Waals surface area contributed by atoms with Crippen molar-refractivity contribution in [1.82, 2.24) is 9.80 Å². The number of halogens is 2. The second-order valence-electron chi connectivity index (χ2n) is 5.63. The van der Waals surface area contributed by atoms with Crippen LogP contribution in [-0.4, -0.2) is 65.4 Å². The number of hydrogen-bond acceptors (Lipinski definition) is 4. The van der Waals surface area contributed by atoms with E-state index in [9.17, 15) is 19.0 Å². The smallest absolute Gasteiger partial charge is 0.129 e. The van der Waals surface area contributed by atoms with Gasteiger partial charge in [-0.2, -0.15) is 0 Å². The van der Waals surface area contributed by atoms with E-state index in [-0.39, 0.29) is 18.2 Å². The Hall–Kier alpha value is -1.08. The Morgan fingerprint density at radius 3 is 2.19 bits per heavy atom. The number of hydrogen-bond donors (Lipinski definition) is 2. The molecular formula is C15H22F2N2O2. The van der Waals surface area contributed by atoms with Gasteiger partial charge in [-0.3, -0.25) is 9.80 Å². The third kappa shape index (κ3) is 4.71. The second-order valence-corrected chi connectivity index (χ2v) is 5.63. The van der Waals surface area contributed by atoms with E-state index in [0.29, 0.717) is 6.54 Å². The van der Waals surface area contributed by atoms with Crippen LogP contribution < -0.4 is 0 Å². The van der Waals surface area contributed by atoms with Crippen molar-refractivity contribution in [3.8, 4) is 0 Å². The molecule has 0 amide bonds. The number of nitrogens with zero attached hydrogens (tertiary/aromatic N) is 2. The van der Waals surface area contributed by atoms with Crippen LogP contribution in [0.5, 0.6) is 0 Å². The molecule has 21 heavy (non-hydrogen) atoms. The van der Waals surface area contributed by atoms with Crippen molar-refractivity contribution < 1.29 is 19.0 Å². The fraction of sp³-hybridized carbons (Fsp3) is 0.600. The Labute approximate surface area is 123 Å². The number of benzene rings is 1. The monoisotopic (exact) mass is 300 g/mol. The highest BCUT2D eigenvalue weighted by atomic mass is 19.1. The zero-order valence-corrected chi connectivity index (χ0v) is 12.2. The molecule has 0 aliphatic carbocycles. The van der Waals surface area contributed by atoms with Crippen molar-refractivity contribution in [2.75, 3.05) is 39.3 Å². The van der Waals surface area contributed by atoms with Gasteiger partial charge in [0.1, 0.15) is 11.6 Å². The van der Waals surface area contributed by atoms with Gasteiger partial charge in [0.05, 0.1) is 12.2 Å². The predicted octanol–water partition coefficient (Wildman–Crippen LogP) is 0.997. The molecule has 0 aromatic heterocycles. The third-order valence-electron chi connectivity index (χ3n) is 3.74. The third-order valence-corrected chi connectivity index (χ3v) is 3.74. The minimum Gasteiger partial charge on any atom is -0.392 e. The van der Waals surface area contributed by atoms with E-state index < -0.39 is 17.7 Å². The fourth-order valence-corrected chi connectivity index (χ4v) is 2.64. The summed E-state index contributed by atoms with van der Waals surface area (Å²) < 4.78 is 26.7. The van der Waals surface area contributed by atoms with E-state index in [4.69, 9.17) is 0 Å². The summed E-state index contributed by atoms with van der Waals surface area (Å²) in [6.45, 7) is 5.73. The summed E-state index contributed by atoms with van der Waals surface area (Å²) in [6.07, 6.45) is -1.40. The number of piperazine rings is 1. The Morgan fingerprint density at radius 2 is 1.62 bits per heavy atom. The Morgan fingerprint density at radius 1 is 1.05 bits per heavy atom. The Bertz CT molecular complexity index is 463. The first kappa shape index (κ1) is 16.3. The van der Waals surface area contributed by atoms with Crippen LogP contribution in [0, 0.1) is 11.6 Å². The zero-order chi connectivity index (χ0) is 15.4. The van der Waals surface area contributed by atoms with E-state index in [1.807, 2.05) is 4.90 Å². The van der Waals surface area contributed by atoms with Crippen LogP contribution in [0.25, 0.3) is 0 Å². The summed E-state index contributed by atoms with van der Waals surface area (Å²) in [4.78, 5) is 4.17. The highest BCUT2D eigenvalue weighted by molar-refractivity contribution is 5.21. The summed E-state index contributed by atoms with van der Waals surface area (Å²) in [7, 11) is 0. The van der Waals surface area contributed by atoms with E-state index in [1.165, 1.54) is 0 Å². The summed E-state index contributed by atoms with van der Waals surface area (Å²) in [5.74, 6) is -1.14. The summed E-state index contributed by atoms with van der Waals surface area (Å²) in [5, 5.41) is 19.4. The lowest BCUT2D eigenvalue weighted by Crippen LogP contribution is -2.49. The Balaban J connectivity index is 1.87. The molecule has 1 aromatic carbocycles. The number of β-amino-alcohol motifs (C(OH)–C–C–N with tert-alkyl or cyclic N) is 2. The molecule has 118 valence electrons. The molecule has 0 spiro atoms. The average Bonchev–Trinajstić information content (AvgIpc) is 2.43.